The summed E-state index contributed by atoms with van der Waals surface area (Å²) in [4.78, 5) is 0. The van der Waals surface area contributed by atoms with E-state index in [-0.39, 0.29) is 0 Å². The number of ether oxygens (including phenoxy) is 1. The zero-order valence-electron chi connectivity index (χ0n) is 8.32. The minimum Gasteiger partial charge on any atom is -0.497 e. The van der Waals surface area contributed by atoms with E-state index in [0.717, 1.165) is 34.3 Å². The lowest BCUT2D eigenvalue weighted by Gasteiger charge is -2.05. The van der Waals surface area contributed by atoms with Crippen molar-refractivity contribution in [2.24, 2.45) is 0 Å². The minimum absolute atomic E-state index is 0.452. The molecule has 1 heterocycles. The zero-order valence-corrected chi connectivity index (χ0v) is 9.89. The number of hydrogen-bond donors (Lipinski definition) is 0. The highest BCUT2D eigenvalue weighted by atomic mass is 35.5. The molecule has 0 spiro atoms. The molecule has 0 unspecified atom stereocenters. The lowest BCUT2D eigenvalue weighted by Crippen LogP contribution is -1.87. The predicted molar refractivity (Wildman–Crippen MR) is 61.6 cm³/mol. The average molecular weight is 241 g/mol. The first kappa shape index (κ1) is 10.4. The van der Waals surface area contributed by atoms with Crippen LogP contribution in [0.4, 0.5) is 0 Å². The third-order valence-corrected chi connectivity index (χ3v) is 3.03. The van der Waals surface area contributed by atoms with Crippen LogP contribution in [0, 0.1) is 6.92 Å². The lowest BCUT2D eigenvalue weighted by atomic mass is 10.1. The molecule has 0 N–H and O–H groups in total. The number of aromatic nitrogens is 2. The summed E-state index contributed by atoms with van der Waals surface area (Å²) in [6.07, 6.45) is 0. The Morgan fingerprint density at radius 1 is 1.33 bits per heavy atom. The lowest BCUT2D eigenvalue weighted by molar-refractivity contribution is 0.414. The second kappa shape index (κ2) is 4.16. The quantitative estimate of drug-likeness (QED) is 0.809. The summed E-state index contributed by atoms with van der Waals surface area (Å²) in [6.45, 7) is 1.99. The van der Waals surface area contributed by atoms with E-state index in [1.165, 1.54) is 0 Å². The molecule has 15 heavy (non-hydrogen) atoms. The molecular formula is C10H9ClN2OS. The second-order valence-corrected chi connectivity index (χ2v) is 3.97. The number of rotatable bonds is 2. The van der Waals surface area contributed by atoms with Crippen LogP contribution in [0.1, 0.15) is 5.56 Å². The second-order valence-electron chi connectivity index (χ2n) is 3.08. The van der Waals surface area contributed by atoms with Crippen LogP contribution < -0.4 is 4.74 Å². The number of methoxy groups -OCH3 is 1. The Morgan fingerprint density at radius 2 is 2.13 bits per heavy atom. The van der Waals surface area contributed by atoms with Gasteiger partial charge in [-0.15, -0.1) is 0 Å². The molecule has 0 saturated carbocycles. The van der Waals surface area contributed by atoms with E-state index in [2.05, 4.69) is 8.75 Å². The van der Waals surface area contributed by atoms with E-state index in [4.69, 9.17) is 16.3 Å². The number of halogens is 1. The van der Waals surface area contributed by atoms with E-state index in [1.54, 1.807) is 7.11 Å². The van der Waals surface area contributed by atoms with Crippen LogP contribution in [0.15, 0.2) is 18.2 Å². The maximum Gasteiger partial charge on any atom is 0.170 e. The molecule has 1 aromatic carbocycles. The van der Waals surface area contributed by atoms with E-state index >= 15 is 0 Å². The van der Waals surface area contributed by atoms with Crippen LogP contribution in [0.2, 0.25) is 5.15 Å². The Balaban J connectivity index is 2.50. The van der Waals surface area contributed by atoms with Crippen LogP contribution >= 0.6 is 23.3 Å². The molecule has 0 bridgehead atoms. The molecule has 0 radical (unpaired) electrons. The summed E-state index contributed by atoms with van der Waals surface area (Å²) in [7, 11) is 1.64. The van der Waals surface area contributed by atoms with Crippen molar-refractivity contribution in [3.63, 3.8) is 0 Å². The Morgan fingerprint density at radius 3 is 2.67 bits per heavy atom. The molecule has 0 atom stereocenters. The third-order valence-electron chi connectivity index (χ3n) is 2.14. The number of nitrogens with zero attached hydrogens (tertiary/aromatic N) is 2. The van der Waals surface area contributed by atoms with Crippen molar-refractivity contribution in [1.29, 1.82) is 0 Å². The van der Waals surface area contributed by atoms with Gasteiger partial charge in [-0.3, -0.25) is 0 Å². The smallest absolute Gasteiger partial charge is 0.170 e. The Labute approximate surface area is 97.0 Å². The van der Waals surface area contributed by atoms with Gasteiger partial charge in [-0.2, -0.15) is 8.75 Å². The minimum atomic E-state index is 0.452. The maximum atomic E-state index is 5.93. The van der Waals surface area contributed by atoms with Gasteiger partial charge in [-0.1, -0.05) is 11.6 Å². The first-order valence-corrected chi connectivity index (χ1v) is 5.46. The van der Waals surface area contributed by atoms with Gasteiger partial charge in [0.1, 0.15) is 11.4 Å². The molecule has 0 aliphatic rings. The molecule has 0 fully saturated rings. The van der Waals surface area contributed by atoms with E-state index in [0.29, 0.717) is 5.15 Å². The Kier molecular flexibility index (Phi) is 2.88. The van der Waals surface area contributed by atoms with Gasteiger partial charge >= 0.3 is 0 Å². The van der Waals surface area contributed by atoms with Crippen molar-refractivity contribution in [3.8, 4) is 17.0 Å². The van der Waals surface area contributed by atoms with Gasteiger partial charge in [-0.05, 0) is 30.7 Å². The van der Waals surface area contributed by atoms with Gasteiger partial charge in [-0.25, -0.2) is 0 Å². The first-order chi connectivity index (χ1) is 7.22. The highest BCUT2D eigenvalue weighted by Gasteiger charge is 2.11. The first-order valence-electron chi connectivity index (χ1n) is 4.35. The van der Waals surface area contributed by atoms with Crippen molar-refractivity contribution in [2.75, 3.05) is 7.11 Å². The highest BCUT2D eigenvalue weighted by Crippen LogP contribution is 2.30. The monoisotopic (exact) mass is 240 g/mol. The molecule has 0 saturated heterocycles. The Bertz CT molecular complexity index is 484. The molecule has 1 aromatic heterocycles. The van der Waals surface area contributed by atoms with Crippen molar-refractivity contribution >= 4 is 23.3 Å². The summed E-state index contributed by atoms with van der Waals surface area (Å²) >= 11 is 7.04. The fourth-order valence-corrected chi connectivity index (χ4v) is 2.12. The molecule has 5 heteroatoms. The van der Waals surface area contributed by atoms with Crippen LogP contribution in [0.25, 0.3) is 11.3 Å². The maximum absolute atomic E-state index is 5.93. The van der Waals surface area contributed by atoms with Crippen LogP contribution in [0.3, 0.4) is 0 Å². The largest absolute Gasteiger partial charge is 0.497 e. The van der Waals surface area contributed by atoms with Gasteiger partial charge in [0.25, 0.3) is 0 Å². The standard InChI is InChI=1S/C10H9ClN2OS/c1-6-5-7(14-2)3-4-8(6)9-10(11)13-15-12-9/h3-5H,1-2H3. The topological polar surface area (TPSA) is 35.0 Å². The van der Waals surface area contributed by atoms with Gasteiger partial charge in [0, 0.05) is 5.56 Å². The molecule has 0 aliphatic heterocycles. The van der Waals surface area contributed by atoms with E-state index < -0.39 is 0 Å². The van der Waals surface area contributed by atoms with Crippen LogP contribution in [-0.2, 0) is 0 Å². The van der Waals surface area contributed by atoms with Crippen LogP contribution in [0.5, 0.6) is 5.75 Å². The molecule has 0 aliphatic carbocycles. The summed E-state index contributed by atoms with van der Waals surface area (Å²) in [6, 6.07) is 5.78. The van der Waals surface area contributed by atoms with Gasteiger partial charge in [0.2, 0.25) is 0 Å². The highest BCUT2D eigenvalue weighted by molar-refractivity contribution is 6.99. The molecular weight excluding hydrogens is 232 g/mol. The molecule has 78 valence electrons. The molecule has 0 amide bonds. The van der Waals surface area contributed by atoms with Crippen molar-refractivity contribution in [3.05, 3.63) is 28.9 Å². The number of benzene rings is 1. The summed E-state index contributed by atoms with van der Waals surface area (Å²) in [5.74, 6) is 0.829. The van der Waals surface area contributed by atoms with E-state index in [9.17, 15) is 0 Å². The molecule has 2 rings (SSSR count). The van der Waals surface area contributed by atoms with Crippen molar-refractivity contribution in [2.45, 2.75) is 6.92 Å². The van der Waals surface area contributed by atoms with Crippen LogP contribution in [-0.4, -0.2) is 15.9 Å². The average Bonchev–Trinajstić information content (AvgIpc) is 2.64. The van der Waals surface area contributed by atoms with E-state index in [1.807, 2.05) is 25.1 Å². The normalized spacial score (nSPS) is 10.3. The molecule has 3 nitrogen and oxygen atoms in total. The number of aryl methyl sites for hydroxylation is 1. The predicted octanol–water partition coefficient (Wildman–Crippen LogP) is 3.18. The summed E-state index contributed by atoms with van der Waals surface area (Å²) < 4.78 is 13.2. The zero-order chi connectivity index (χ0) is 10.8. The summed E-state index contributed by atoms with van der Waals surface area (Å²) in [5.41, 5.74) is 2.81. The van der Waals surface area contributed by atoms with Gasteiger partial charge < -0.3 is 4.74 Å². The third kappa shape index (κ3) is 1.96. The van der Waals surface area contributed by atoms with Gasteiger partial charge in [0.15, 0.2) is 5.15 Å². The van der Waals surface area contributed by atoms with Crippen molar-refractivity contribution < 1.29 is 4.74 Å². The fraction of sp³-hybridized carbons (Fsp3) is 0.200. The fourth-order valence-electron chi connectivity index (χ4n) is 1.37. The summed E-state index contributed by atoms with van der Waals surface area (Å²) in [5, 5.41) is 0.452. The number of hydrogen-bond acceptors (Lipinski definition) is 4. The molecule has 2 aromatic rings. The SMILES string of the molecule is COc1ccc(-c2nsnc2Cl)c(C)c1. The Hall–Kier alpha value is -1.13. The van der Waals surface area contributed by atoms with Crippen molar-refractivity contribution in [1.82, 2.24) is 8.75 Å². The van der Waals surface area contributed by atoms with Gasteiger partial charge in [0.05, 0.1) is 18.8 Å².